The Morgan fingerprint density at radius 1 is 1.06 bits per heavy atom. The van der Waals surface area contributed by atoms with Gasteiger partial charge in [0.05, 0.1) is 5.25 Å². The molecule has 0 aromatic rings. The molecule has 2 aliphatic rings. The average molecular weight is 274 g/mol. The highest BCUT2D eigenvalue weighted by Gasteiger charge is 2.33. The number of nitrogens with one attached hydrogen (secondary N) is 1. The lowest BCUT2D eigenvalue weighted by Gasteiger charge is -2.40. The summed E-state index contributed by atoms with van der Waals surface area (Å²) in [6.45, 7) is 2.19. The van der Waals surface area contributed by atoms with Crippen molar-refractivity contribution >= 4 is 9.84 Å². The van der Waals surface area contributed by atoms with E-state index >= 15 is 0 Å². The summed E-state index contributed by atoms with van der Waals surface area (Å²) in [7, 11) is -0.676. The number of sulfone groups is 1. The van der Waals surface area contributed by atoms with Crippen LogP contribution in [0.5, 0.6) is 0 Å². The SMILES string of the molecule is CN(C1CCNCC1)C1CCCC(S(C)(=O)=O)C1. The Balaban J connectivity index is 1.95. The molecule has 1 aliphatic heterocycles. The highest BCUT2D eigenvalue weighted by Crippen LogP contribution is 2.29. The van der Waals surface area contributed by atoms with Gasteiger partial charge in [0.2, 0.25) is 0 Å². The van der Waals surface area contributed by atoms with Gasteiger partial charge in [-0.2, -0.15) is 0 Å². The Bertz CT molecular complexity index is 363. The van der Waals surface area contributed by atoms with E-state index in [-0.39, 0.29) is 5.25 Å². The van der Waals surface area contributed by atoms with Crippen molar-refractivity contribution in [2.45, 2.75) is 55.9 Å². The number of hydrogen-bond acceptors (Lipinski definition) is 4. The molecule has 18 heavy (non-hydrogen) atoms. The van der Waals surface area contributed by atoms with Crippen LogP contribution in [0.1, 0.15) is 38.5 Å². The Morgan fingerprint density at radius 2 is 1.72 bits per heavy atom. The summed E-state index contributed by atoms with van der Waals surface area (Å²) in [6, 6.07) is 1.09. The molecule has 2 rings (SSSR count). The van der Waals surface area contributed by atoms with E-state index in [0.29, 0.717) is 12.1 Å². The van der Waals surface area contributed by atoms with E-state index in [4.69, 9.17) is 0 Å². The summed E-state index contributed by atoms with van der Waals surface area (Å²) in [4.78, 5) is 2.46. The van der Waals surface area contributed by atoms with Gasteiger partial charge >= 0.3 is 0 Å². The molecule has 2 atom stereocenters. The number of hydrogen-bond donors (Lipinski definition) is 1. The molecular weight excluding hydrogens is 248 g/mol. The standard InChI is InChI=1S/C13H26N2O2S/c1-15(11-6-8-14-9-7-11)12-4-3-5-13(10-12)18(2,16)17/h11-14H,3-10H2,1-2H3. The normalized spacial score (nSPS) is 31.7. The zero-order valence-corrected chi connectivity index (χ0v) is 12.4. The zero-order chi connectivity index (χ0) is 13.2. The maximum atomic E-state index is 11.7. The van der Waals surface area contributed by atoms with Crippen molar-refractivity contribution in [3.05, 3.63) is 0 Å². The molecule has 1 saturated heterocycles. The van der Waals surface area contributed by atoms with Crippen molar-refractivity contribution in [1.82, 2.24) is 10.2 Å². The maximum absolute atomic E-state index is 11.7. The third-order valence-corrected chi connectivity index (χ3v) is 6.30. The van der Waals surface area contributed by atoms with Crippen LogP contribution < -0.4 is 5.32 Å². The van der Waals surface area contributed by atoms with Gasteiger partial charge in [0.25, 0.3) is 0 Å². The monoisotopic (exact) mass is 274 g/mol. The Morgan fingerprint density at radius 3 is 2.33 bits per heavy atom. The second kappa shape index (κ2) is 5.88. The van der Waals surface area contributed by atoms with Crippen LogP contribution in [0.4, 0.5) is 0 Å². The lowest BCUT2D eigenvalue weighted by Crippen LogP contribution is -2.48. The summed E-state index contributed by atoms with van der Waals surface area (Å²) < 4.78 is 23.4. The third-order valence-electron chi connectivity index (χ3n) is 4.66. The Hall–Kier alpha value is -0.130. The summed E-state index contributed by atoms with van der Waals surface area (Å²) >= 11 is 0. The summed E-state index contributed by atoms with van der Waals surface area (Å²) in [5.41, 5.74) is 0. The van der Waals surface area contributed by atoms with E-state index in [0.717, 1.165) is 38.8 Å². The molecule has 1 N–H and O–H groups in total. The largest absolute Gasteiger partial charge is 0.317 e. The molecule has 0 bridgehead atoms. The third kappa shape index (κ3) is 3.45. The van der Waals surface area contributed by atoms with E-state index in [2.05, 4.69) is 17.3 Å². The fourth-order valence-electron chi connectivity index (χ4n) is 3.39. The number of rotatable bonds is 3. The van der Waals surface area contributed by atoms with Crippen molar-refractivity contribution in [2.75, 3.05) is 26.4 Å². The van der Waals surface area contributed by atoms with Crippen molar-refractivity contribution in [1.29, 1.82) is 0 Å². The van der Waals surface area contributed by atoms with Gasteiger partial charge in [-0.1, -0.05) is 6.42 Å². The highest BCUT2D eigenvalue weighted by molar-refractivity contribution is 7.91. The van der Waals surface area contributed by atoms with E-state index < -0.39 is 9.84 Å². The van der Waals surface area contributed by atoms with Gasteiger partial charge in [0, 0.05) is 18.3 Å². The fourth-order valence-corrected chi connectivity index (χ4v) is 4.56. The second-order valence-electron chi connectivity index (χ2n) is 5.92. The lowest BCUT2D eigenvalue weighted by atomic mass is 9.91. The molecule has 0 aromatic heterocycles. The van der Waals surface area contributed by atoms with Gasteiger partial charge in [0.15, 0.2) is 0 Å². The molecule has 5 heteroatoms. The van der Waals surface area contributed by atoms with Crippen molar-refractivity contribution in [3.63, 3.8) is 0 Å². The smallest absolute Gasteiger partial charge is 0.150 e. The molecule has 2 unspecified atom stereocenters. The van der Waals surface area contributed by atoms with Crippen LogP contribution >= 0.6 is 0 Å². The van der Waals surface area contributed by atoms with Gasteiger partial charge in [-0.15, -0.1) is 0 Å². The molecule has 4 nitrogen and oxygen atoms in total. The molecule has 2 fully saturated rings. The quantitative estimate of drug-likeness (QED) is 0.835. The van der Waals surface area contributed by atoms with Gasteiger partial charge in [-0.05, 0) is 52.2 Å². The maximum Gasteiger partial charge on any atom is 0.150 e. The van der Waals surface area contributed by atoms with E-state index in [1.807, 2.05) is 0 Å². The first-order valence-corrected chi connectivity index (χ1v) is 9.05. The Kier molecular flexibility index (Phi) is 4.67. The molecule has 0 amide bonds. The first-order valence-electron chi connectivity index (χ1n) is 7.10. The highest BCUT2D eigenvalue weighted by atomic mass is 32.2. The summed E-state index contributed by atoms with van der Waals surface area (Å²) in [6.07, 6.45) is 7.68. The van der Waals surface area contributed by atoms with E-state index in [1.165, 1.54) is 19.1 Å². The predicted octanol–water partition coefficient (Wildman–Crippen LogP) is 1.03. The van der Waals surface area contributed by atoms with Gasteiger partial charge < -0.3 is 10.2 Å². The molecule has 106 valence electrons. The van der Waals surface area contributed by atoms with Crippen LogP contribution in [0.15, 0.2) is 0 Å². The number of nitrogens with zero attached hydrogens (tertiary/aromatic N) is 1. The molecular formula is C13H26N2O2S. The number of piperidine rings is 1. The van der Waals surface area contributed by atoms with Crippen LogP contribution in [0.3, 0.4) is 0 Å². The zero-order valence-electron chi connectivity index (χ0n) is 11.6. The van der Waals surface area contributed by atoms with Crippen LogP contribution in [-0.2, 0) is 9.84 Å². The average Bonchev–Trinajstić information content (AvgIpc) is 2.38. The van der Waals surface area contributed by atoms with Gasteiger partial charge in [-0.25, -0.2) is 8.42 Å². The minimum atomic E-state index is -2.86. The predicted molar refractivity (Wildman–Crippen MR) is 74.5 cm³/mol. The van der Waals surface area contributed by atoms with E-state index in [1.54, 1.807) is 0 Å². The van der Waals surface area contributed by atoms with Crippen molar-refractivity contribution in [3.8, 4) is 0 Å². The van der Waals surface area contributed by atoms with Crippen molar-refractivity contribution in [2.24, 2.45) is 0 Å². The molecule has 1 saturated carbocycles. The summed E-state index contributed by atoms with van der Waals surface area (Å²) in [5, 5.41) is 3.27. The van der Waals surface area contributed by atoms with E-state index in [9.17, 15) is 8.42 Å². The fraction of sp³-hybridized carbons (Fsp3) is 1.00. The molecule has 1 heterocycles. The lowest BCUT2D eigenvalue weighted by molar-refractivity contribution is 0.116. The summed E-state index contributed by atoms with van der Waals surface area (Å²) in [5.74, 6) is 0. The van der Waals surface area contributed by atoms with Crippen LogP contribution in [0.2, 0.25) is 0 Å². The van der Waals surface area contributed by atoms with Gasteiger partial charge in [0.1, 0.15) is 9.84 Å². The van der Waals surface area contributed by atoms with Crippen LogP contribution in [-0.4, -0.2) is 57.0 Å². The van der Waals surface area contributed by atoms with Crippen LogP contribution in [0, 0.1) is 0 Å². The second-order valence-corrected chi connectivity index (χ2v) is 8.24. The molecule has 0 radical (unpaired) electrons. The first-order chi connectivity index (χ1) is 8.48. The topological polar surface area (TPSA) is 49.4 Å². The first kappa shape index (κ1) is 14.3. The molecule has 1 aliphatic carbocycles. The molecule has 0 aromatic carbocycles. The molecule has 0 spiro atoms. The van der Waals surface area contributed by atoms with Gasteiger partial charge in [-0.3, -0.25) is 0 Å². The minimum absolute atomic E-state index is 0.111. The Labute approximate surface area is 111 Å². The minimum Gasteiger partial charge on any atom is -0.317 e. The van der Waals surface area contributed by atoms with Crippen LogP contribution in [0.25, 0.3) is 0 Å². The van der Waals surface area contributed by atoms with Crippen molar-refractivity contribution < 1.29 is 8.42 Å².